The fourth-order valence-electron chi connectivity index (χ4n) is 3.83. The molecule has 152 valence electrons. The van der Waals surface area contributed by atoms with Crippen molar-refractivity contribution >= 4 is 16.0 Å². The first-order chi connectivity index (χ1) is 12.1. The van der Waals surface area contributed by atoms with Gasteiger partial charge in [0.1, 0.15) is 0 Å². The molecule has 1 saturated carbocycles. The summed E-state index contributed by atoms with van der Waals surface area (Å²) in [5.41, 5.74) is -4.94. The van der Waals surface area contributed by atoms with Crippen LogP contribution in [0.1, 0.15) is 51.9 Å². The molecule has 2 rings (SSSR count). The van der Waals surface area contributed by atoms with Crippen LogP contribution in [-0.2, 0) is 10.0 Å². The average Bonchev–Trinajstić information content (AvgIpc) is 3.07. The molecule has 0 amide bonds. The minimum absolute atomic E-state index is 0.0953. The number of sulfonamides is 1. The number of aliphatic imine (C=N–C) groups is 1. The van der Waals surface area contributed by atoms with E-state index in [2.05, 4.69) is 22.5 Å². The standard InChI is InChI=1S/C16H29F3N4O2S/c1-3-15(8-4-5-9-15)12-21-14(20-2)22-13-6-10-23(11-7-13)26(24,25)16(17,18)19/h13H,3-12H2,1-2H3,(H2,20,21,22). The van der Waals surface area contributed by atoms with Gasteiger partial charge < -0.3 is 10.6 Å². The Hall–Kier alpha value is -1.03. The number of alkyl halides is 3. The lowest BCUT2D eigenvalue weighted by Crippen LogP contribution is -2.52. The van der Waals surface area contributed by atoms with Gasteiger partial charge in [-0.3, -0.25) is 4.99 Å². The van der Waals surface area contributed by atoms with Gasteiger partial charge in [-0.2, -0.15) is 17.5 Å². The Labute approximate surface area is 153 Å². The van der Waals surface area contributed by atoms with Crippen molar-refractivity contribution in [2.24, 2.45) is 10.4 Å². The maximum absolute atomic E-state index is 12.6. The van der Waals surface area contributed by atoms with E-state index in [4.69, 9.17) is 0 Å². The predicted octanol–water partition coefficient (Wildman–Crippen LogP) is 2.44. The molecule has 0 spiro atoms. The highest BCUT2D eigenvalue weighted by molar-refractivity contribution is 7.90. The average molecular weight is 398 g/mol. The van der Waals surface area contributed by atoms with Gasteiger partial charge in [0.15, 0.2) is 5.96 Å². The van der Waals surface area contributed by atoms with Crippen LogP contribution in [0.25, 0.3) is 0 Å². The molecule has 2 aliphatic rings. The Bertz CT molecular complexity index is 593. The Morgan fingerprint density at radius 3 is 2.27 bits per heavy atom. The van der Waals surface area contributed by atoms with E-state index in [1.54, 1.807) is 7.05 Å². The highest BCUT2D eigenvalue weighted by Gasteiger charge is 2.50. The molecule has 10 heteroatoms. The third-order valence-corrected chi connectivity index (χ3v) is 7.33. The van der Waals surface area contributed by atoms with Crippen LogP contribution in [-0.4, -0.2) is 56.9 Å². The summed E-state index contributed by atoms with van der Waals surface area (Å²) >= 11 is 0. The van der Waals surface area contributed by atoms with Crippen LogP contribution in [0.2, 0.25) is 0 Å². The lowest BCUT2D eigenvalue weighted by molar-refractivity contribution is -0.0494. The summed E-state index contributed by atoms with van der Waals surface area (Å²) in [7, 11) is -3.57. The Kier molecular flexibility index (Phi) is 6.81. The number of nitrogens with one attached hydrogen (secondary N) is 2. The van der Waals surface area contributed by atoms with Crippen LogP contribution < -0.4 is 10.6 Å². The number of halogens is 3. The lowest BCUT2D eigenvalue weighted by Gasteiger charge is -2.33. The van der Waals surface area contributed by atoms with Gasteiger partial charge in [-0.15, -0.1) is 0 Å². The normalized spacial score (nSPS) is 23.2. The highest BCUT2D eigenvalue weighted by Crippen LogP contribution is 2.40. The molecule has 26 heavy (non-hydrogen) atoms. The third-order valence-electron chi connectivity index (χ3n) is 5.70. The molecule has 1 saturated heterocycles. The van der Waals surface area contributed by atoms with E-state index in [0.717, 1.165) is 13.0 Å². The van der Waals surface area contributed by atoms with Gasteiger partial charge in [-0.25, -0.2) is 8.42 Å². The number of nitrogens with zero attached hydrogens (tertiary/aromatic N) is 2. The van der Waals surface area contributed by atoms with Gasteiger partial charge in [0, 0.05) is 32.7 Å². The first-order valence-corrected chi connectivity index (χ1v) is 10.6. The Balaban J connectivity index is 1.84. The fraction of sp³-hybridized carbons (Fsp3) is 0.938. The zero-order valence-corrected chi connectivity index (χ0v) is 16.2. The molecule has 0 aromatic heterocycles. The summed E-state index contributed by atoms with van der Waals surface area (Å²) in [4.78, 5) is 4.20. The molecule has 0 unspecified atom stereocenters. The van der Waals surface area contributed by atoms with Crippen molar-refractivity contribution in [2.75, 3.05) is 26.7 Å². The summed E-state index contributed by atoms with van der Waals surface area (Å²) in [6.07, 6.45) is 6.61. The van der Waals surface area contributed by atoms with E-state index in [0.29, 0.717) is 28.5 Å². The van der Waals surface area contributed by atoms with E-state index >= 15 is 0 Å². The summed E-state index contributed by atoms with van der Waals surface area (Å²) in [5, 5.41) is 6.56. The second kappa shape index (κ2) is 8.33. The van der Waals surface area contributed by atoms with Gasteiger partial charge in [0.05, 0.1) is 0 Å². The molecule has 2 N–H and O–H groups in total. The van der Waals surface area contributed by atoms with Crippen molar-refractivity contribution in [3.63, 3.8) is 0 Å². The van der Waals surface area contributed by atoms with Gasteiger partial charge >= 0.3 is 15.5 Å². The second-order valence-electron chi connectivity index (χ2n) is 7.25. The number of guanidine groups is 1. The number of hydrogen-bond acceptors (Lipinski definition) is 3. The molecule has 1 heterocycles. The van der Waals surface area contributed by atoms with Crippen molar-refractivity contribution in [1.29, 1.82) is 0 Å². The maximum atomic E-state index is 12.6. The smallest absolute Gasteiger partial charge is 0.356 e. The quantitative estimate of drug-likeness (QED) is 0.551. The minimum atomic E-state index is -5.24. The first-order valence-electron chi connectivity index (χ1n) is 9.17. The van der Waals surface area contributed by atoms with Gasteiger partial charge in [0.2, 0.25) is 0 Å². The van der Waals surface area contributed by atoms with Gasteiger partial charge in [-0.05, 0) is 37.5 Å². The zero-order chi connectivity index (χ0) is 19.4. The minimum Gasteiger partial charge on any atom is -0.356 e. The number of piperidine rings is 1. The van der Waals surface area contributed by atoms with Crippen LogP contribution in [0.3, 0.4) is 0 Å². The molecule has 6 nitrogen and oxygen atoms in total. The summed E-state index contributed by atoms with van der Waals surface area (Å²) < 4.78 is 61.3. The van der Waals surface area contributed by atoms with E-state index < -0.39 is 15.5 Å². The monoisotopic (exact) mass is 398 g/mol. The fourth-order valence-corrected chi connectivity index (χ4v) is 4.81. The van der Waals surface area contributed by atoms with Gasteiger partial charge in [0.25, 0.3) is 0 Å². The van der Waals surface area contributed by atoms with Crippen molar-refractivity contribution in [2.45, 2.75) is 63.4 Å². The summed E-state index contributed by atoms with van der Waals surface area (Å²) in [6.45, 7) is 2.73. The Morgan fingerprint density at radius 2 is 1.81 bits per heavy atom. The van der Waals surface area contributed by atoms with E-state index in [1.807, 2.05) is 0 Å². The van der Waals surface area contributed by atoms with Crippen LogP contribution in [0.5, 0.6) is 0 Å². The predicted molar refractivity (Wildman–Crippen MR) is 95.3 cm³/mol. The van der Waals surface area contributed by atoms with E-state index in [1.165, 1.54) is 25.7 Å². The molecule has 0 atom stereocenters. The second-order valence-corrected chi connectivity index (χ2v) is 9.18. The van der Waals surface area contributed by atoms with Crippen LogP contribution in [0.4, 0.5) is 13.2 Å². The maximum Gasteiger partial charge on any atom is 0.511 e. The van der Waals surface area contributed by atoms with Crippen LogP contribution in [0.15, 0.2) is 4.99 Å². The zero-order valence-electron chi connectivity index (χ0n) is 15.4. The largest absolute Gasteiger partial charge is 0.511 e. The highest BCUT2D eigenvalue weighted by atomic mass is 32.2. The van der Waals surface area contributed by atoms with Crippen LogP contribution >= 0.6 is 0 Å². The van der Waals surface area contributed by atoms with Crippen molar-refractivity contribution in [1.82, 2.24) is 14.9 Å². The molecule has 1 aliphatic carbocycles. The molecule has 2 fully saturated rings. The van der Waals surface area contributed by atoms with Crippen LogP contribution in [0, 0.1) is 5.41 Å². The Morgan fingerprint density at radius 1 is 1.23 bits per heavy atom. The SMILES string of the molecule is CCC1(CNC(=NC)NC2CCN(S(=O)(=O)C(F)(F)F)CC2)CCCC1. The molecular weight excluding hydrogens is 369 g/mol. The number of hydrogen-bond donors (Lipinski definition) is 2. The van der Waals surface area contributed by atoms with E-state index in [9.17, 15) is 21.6 Å². The molecule has 0 radical (unpaired) electrons. The number of rotatable bonds is 5. The molecule has 0 bridgehead atoms. The lowest BCUT2D eigenvalue weighted by atomic mass is 9.83. The van der Waals surface area contributed by atoms with Crippen molar-refractivity contribution < 1.29 is 21.6 Å². The summed E-state index contributed by atoms with van der Waals surface area (Å²) in [6, 6.07) is -0.0953. The van der Waals surface area contributed by atoms with Gasteiger partial charge in [-0.1, -0.05) is 19.8 Å². The summed E-state index contributed by atoms with van der Waals surface area (Å²) in [5.74, 6) is 0.627. The molecule has 0 aromatic carbocycles. The topological polar surface area (TPSA) is 73.8 Å². The third kappa shape index (κ3) is 4.82. The molecule has 1 aliphatic heterocycles. The molecule has 0 aromatic rings. The van der Waals surface area contributed by atoms with E-state index in [-0.39, 0.29) is 19.1 Å². The van der Waals surface area contributed by atoms with Crippen molar-refractivity contribution in [3.05, 3.63) is 0 Å². The van der Waals surface area contributed by atoms with Crippen molar-refractivity contribution in [3.8, 4) is 0 Å². The molecular formula is C16H29F3N4O2S. The first kappa shape index (κ1) is 21.3.